The van der Waals surface area contributed by atoms with Gasteiger partial charge in [-0.1, -0.05) is 24.3 Å². The van der Waals surface area contributed by atoms with E-state index in [-0.39, 0.29) is 6.04 Å². The Morgan fingerprint density at radius 2 is 2.12 bits per heavy atom. The Hall–Kier alpha value is -0.900. The van der Waals surface area contributed by atoms with Crippen molar-refractivity contribution >= 4 is 0 Å². The molecule has 0 aromatic heterocycles. The highest BCUT2D eigenvalue weighted by Crippen LogP contribution is 2.37. The molecule has 1 aromatic rings. The Kier molecular flexibility index (Phi) is 3.59. The number of nitrogens with one attached hydrogen (secondary N) is 1. The molecule has 1 aliphatic rings. The van der Waals surface area contributed by atoms with Gasteiger partial charge in [0.05, 0.1) is 6.61 Å². The molecule has 0 saturated heterocycles. The molecule has 3 atom stereocenters. The minimum absolute atomic E-state index is 0.170. The van der Waals surface area contributed by atoms with Crippen LogP contribution in [0.3, 0.4) is 0 Å². The maximum Gasteiger partial charge on any atom is 0.0613 e. The van der Waals surface area contributed by atoms with Crippen LogP contribution >= 0.6 is 0 Å². The van der Waals surface area contributed by atoms with Crippen molar-refractivity contribution < 1.29 is 4.74 Å². The van der Waals surface area contributed by atoms with Crippen molar-refractivity contribution in [2.45, 2.75) is 31.5 Å². The first-order chi connectivity index (χ1) is 7.72. The quantitative estimate of drug-likeness (QED) is 0.812. The lowest BCUT2D eigenvalue weighted by atomic mass is 10.1. The summed E-state index contributed by atoms with van der Waals surface area (Å²) in [6.07, 6.45) is 0.980. The van der Waals surface area contributed by atoms with E-state index in [1.54, 1.807) is 7.11 Å². The van der Waals surface area contributed by atoms with Gasteiger partial charge in [0.1, 0.15) is 0 Å². The van der Waals surface area contributed by atoms with Crippen LogP contribution in [0.5, 0.6) is 0 Å². The lowest BCUT2D eigenvalue weighted by Gasteiger charge is -2.19. The standard InChI is InChI=1S/C13H20N2O/c1-9(8-16-2)15-13-7-12(14)10-5-3-4-6-11(10)13/h3-6,9,12-13,15H,7-8,14H2,1-2H3. The minimum atomic E-state index is 0.170. The van der Waals surface area contributed by atoms with Gasteiger partial charge in [0, 0.05) is 25.2 Å². The predicted molar refractivity (Wildman–Crippen MR) is 65.2 cm³/mol. The first-order valence-electron chi connectivity index (χ1n) is 5.81. The molecule has 3 N–H and O–H groups in total. The van der Waals surface area contributed by atoms with E-state index in [0.29, 0.717) is 12.1 Å². The van der Waals surface area contributed by atoms with Crippen molar-refractivity contribution in [2.75, 3.05) is 13.7 Å². The third kappa shape index (κ3) is 2.26. The summed E-state index contributed by atoms with van der Waals surface area (Å²) in [5.41, 5.74) is 8.74. The zero-order chi connectivity index (χ0) is 11.5. The van der Waals surface area contributed by atoms with Gasteiger partial charge in [-0.25, -0.2) is 0 Å². The van der Waals surface area contributed by atoms with Crippen LogP contribution in [-0.4, -0.2) is 19.8 Å². The van der Waals surface area contributed by atoms with Crippen LogP contribution in [-0.2, 0) is 4.74 Å². The van der Waals surface area contributed by atoms with E-state index in [1.807, 2.05) is 0 Å². The van der Waals surface area contributed by atoms with Gasteiger partial charge in [0.15, 0.2) is 0 Å². The summed E-state index contributed by atoms with van der Waals surface area (Å²) >= 11 is 0. The summed E-state index contributed by atoms with van der Waals surface area (Å²) in [5, 5.41) is 3.56. The summed E-state index contributed by atoms with van der Waals surface area (Å²) in [6.45, 7) is 2.86. The molecule has 1 aliphatic carbocycles. The first kappa shape index (κ1) is 11.6. The molecule has 3 heteroatoms. The van der Waals surface area contributed by atoms with Crippen molar-refractivity contribution in [1.82, 2.24) is 5.32 Å². The van der Waals surface area contributed by atoms with Crippen LogP contribution in [0.15, 0.2) is 24.3 Å². The number of rotatable bonds is 4. The van der Waals surface area contributed by atoms with Crippen molar-refractivity contribution in [2.24, 2.45) is 5.73 Å². The molecule has 16 heavy (non-hydrogen) atoms. The molecule has 88 valence electrons. The van der Waals surface area contributed by atoms with Crippen molar-refractivity contribution in [3.05, 3.63) is 35.4 Å². The second-order valence-electron chi connectivity index (χ2n) is 4.55. The SMILES string of the molecule is COCC(C)NC1CC(N)c2ccccc21. The van der Waals surface area contributed by atoms with Gasteiger partial charge in [0.2, 0.25) is 0 Å². The molecule has 0 bridgehead atoms. The number of nitrogens with two attached hydrogens (primary N) is 1. The number of hydrogen-bond acceptors (Lipinski definition) is 3. The van der Waals surface area contributed by atoms with Gasteiger partial charge in [-0.3, -0.25) is 0 Å². The molecule has 0 spiro atoms. The van der Waals surface area contributed by atoms with E-state index < -0.39 is 0 Å². The molecule has 0 fully saturated rings. The Morgan fingerprint density at radius 1 is 1.44 bits per heavy atom. The van der Waals surface area contributed by atoms with Gasteiger partial charge < -0.3 is 15.8 Å². The molecule has 0 saturated carbocycles. The van der Waals surface area contributed by atoms with Gasteiger partial charge in [0.25, 0.3) is 0 Å². The molecule has 0 heterocycles. The van der Waals surface area contributed by atoms with Crippen LogP contribution < -0.4 is 11.1 Å². The molecular weight excluding hydrogens is 200 g/mol. The topological polar surface area (TPSA) is 47.3 Å². The minimum Gasteiger partial charge on any atom is -0.383 e. The molecule has 0 radical (unpaired) electrons. The van der Waals surface area contributed by atoms with E-state index in [2.05, 4.69) is 36.5 Å². The van der Waals surface area contributed by atoms with Crippen molar-refractivity contribution in [1.29, 1.82) is 0 Å². The monoisotopic (exact) mass is 220 g/mol. The van der Waals surface area contributed by atoms with E-state index in [4.69, 9.17) is 10.5 Å². The van der Waals surface area contributed by atoms with Gasteiger partial charge in [-0.15, -0.1) is 0 Å². The lowest BCUT2D eigenvalue weighted by molar-refractivity contribution is 0.166. The number of fused-ring (bicyclic) bond motifs is 1. The lowest BCUT2D eigenvalue weighted by Crippen LogP contribution is -2.33. The van der Waals surface area contributed by atoms with Crippen LogP contribution in [0.4, 0.5) is 0 Å². The Bertz CT molecular complexity index is 354. The van der Waals surface area contributed by atoms with E-state index in [1.165, 1.54) is 11.1 Å². The second kappa shape index (κ2) is 4.95. The normalized spacial score (nSPS) is 25.4. The average molecular weight is 220 g/mol. The van der Waals surface area contributed by atoms with E-state index in [9.17, 15) is 0 Å². The number of hydrogen-bond donors (Lipinski definition) is 2. The van der Waals surface area contributed by atoms with E-state index in [0.717, 1.165) is 13.0 Å². The van der Waals surface area contributed by atoms with Crippen LogP contribution in [0.25, 0.3) is 0 Å². The summed E-state index contributed by atoms with van der Waals surface area (Å²) < 4.78 is 5.13. The first-order valence-corrected chi connectivity index (χ1v) is 5.81. The largest absolute Gasteiger partial charge is 0.383 e. The van der Waals surface area contributed by atoms with Crippen LogP contribution in [0.1, 0.15) is 36.6 Å². The highest BCUT2D eigenvalue weighted by molar-refractivity contribution is 5.37. The predicted octanol–water partition coefficient (Wildman–Crippen LogP) is 1.76. The Morgan fingerprint density at radius 3 is 2.81 bits per heavy atom. The van der Waals surface area contributed by atoms with Crippen LogP contribution in [0, 0.1) is 0 Å². The molecule has 0 amide bonds. The van der Waals surface area contributed by atoms with Crippen molar-refractivity contribution in [3.8, 4) is 0 Å². The zero-order valence-corrected chi connectivity index (χ0v) is 9.94. The average Bonchev–Trinajstić information content (AvgIpc) is 2.57. The fourth-order valence-electron chi connectivity index (χ4n) is 2.47. The molecule has 0 aliphatic heterocycles. The maximum absolute atomic E-state index is 6.12. The molecule has 2 rings (SSSR count). The molecule has 3 nitrogen and oxygen atoms in total. The highest BCUT2D eigenvalue weighted by atomic mass is 16.5. The Labute approximate surface area is 97.0 Å². The fourth-order valence-corrected chi connectivity index (χ4v) is 2.47. The van der Waals surface area contributed by atoms with E-state index >= 15 is 0 Å². The Balaban J connectivity index is 2.09. The molecular formula is C13H20N2O. The summed E-state index contributed by atoms with van der Waals surface area (Å²) in [6, 6.07) is 9.32. The number of benzene rings is 1. The zero-order valence-electron chi connectivity index (χ0n) is 9.94. The number of methoxy groups -OCH3 is 1. The second-order valence-corrected chi connectivity index (χ2v) is 4.55. The third-order valence-electron chi connectivity index (χ3n) is 3.16. The highest BCUT2D eigenvalue weighted by Gasteiger charge is 2.28. The van der Waals surface area contributed by atoms with Gasteiger partial charge in [-0.05, 0) is 24.5 Å². The summed E-state index contributed by atoms with van der Waals surface area (Å²) in [4.78, 5) is 0. The maximum atomic E-state index is 6.12. The third-order valence-corrected chi connectivity index (χ3v) is 3.16. The van der Waals surface area contributed by atoms with Crippen LogP contribution in [0.2, 0.25) is 0 Å². The smallest absolute Gasteiger partial charge is 0.0613 e. The fraction of sp³-hybridized carbons (Fsp3) is 0.538. The summed E-state index contributed by atoms with van der Waals surface area (Å²) in [7, 11) is 1.73. The molecule has 3 unspecified atom stereocenters. The van der Waals surface area contributed by atoms with Crippen molar-refractivity contribution in [3.63, 3.8) is 0 Å². The van der Waals surface area contributed by atoms with Gasteiger partial charge >= 0.3 is 0 Å². The number of ether oxygens (including phenoxy) is 1. The van der Waals surface area contributed by atoms with Gasteiger partial charge in [-0.2, -0.15) is 0 Å². The summed E-state index contributed by atoms with van der Waals surface area (Å²) in [5.74, 6) is 0. The molecule has 1 aromatic carbocycles.